The quantitative estimate of drug-likeness (QED) is 0.834. The van der Waals surface area contributed by atoms with E-state index in [2.05, 4.69) is 46.4 Å². The van der Waals surface area contributed by atoms with Crippen molar-refractivity contribution in [1.82, 2.24) is 0 Å². The Bertz CT molecular complexity index is 641. The number of carbonyl (C=O) groups excluding carboxylic acids is 1. The van der Waals surface area contributed by atoms with Gasteiger partial charge in [-0.15, -0.1) is 0 Å². The van der Waals surface area contributed by atoms with Crippen molar-refractivity contribution in [1.29, 1.82) is 0 Å². The topological polar surface area (TPSA) is 29.1 Å². The summed E-state index contributed by atoms with van der Waals surface area (Å²) in [5.41, 5.74) is 5.56. The first kappa shape index (κ1) is 15.8. The number of anilines is 1. The lowest BCUT2D eigenvalue weighted by atomic mass is 10.0. The van der Waals surface area contributed by atoms with E-state index in [0.717, 1.165) is 33.3 Å². The van der Waals surface area contributed by atoms with Gasteiger partial charge in [-0.2, -0.15) is 0 Å². The van der Waals surface area contributed by atoms with Gasteiger partial charge in [0.15, 0.2) is 0 Å². The molecule has 2 rings (SSSR count). The van der Waals surface area contributed by atoms with Crippen LogP contribution in [0.3, 0.4) is 0 Å². The smallest absolute Gasteiger partial charge is 0.224 e. The Morgan fingerprint density at radius 2 is 1.76 bits per heavy atom. The van der Waals surface area contributed by atoms with Crippen molar-refractivity contribution < 1.29 is 4.79 Å². The largest absolute Gasteiger partial charge is 0.326 e. The number of halogens is 1. The number of hydrogen-bond donors (Lipinski definition) is 1. The maximum Gasteiger partial charge on any atom is 0.224 e. The van der Waals surface area contributed by atoms with Crippen molar-refractivity contribution in [2.75, 3.05) is 5.32 Å². The van der Waals surface area contributed by atoms with Crippen molar-refractivity contribution in [2.24, 2.45) is 0 Å². The van der Waals surface area contributed by atoms with Gasteiger partial charge in [-0.05, 0) is 56.0 Å². The number of hydrogen-bond acceptors (Lipinski definition) is 1. The summed E-state index contributed by atoms with van der Waals surface area (Å²) >= 11 is 3.45. The Labute approximate surface area is 134 Å². The Morgan fingerprint density at radius 3 is 2.38 bits per heavy atom. The molecule has 0 spiro atoms. The SMILES string of the molecule is Cc1cc(C)c(NC(=O)CCc2cccc(Br)c2)c(C)c1. The number of carbonyl (C=O) groups is 1. The highest BCUT2D eigenvalue weighted by atomic mass is 79.9. The zero-order chi connectivity index (χ0) is 15.4. The van der Waals surface area contributed by atoms with E-state index in [-0.39, 0.29) is 5.91 Å². The van der Waals surface area contributed by atoms with Gasteiger partial charge in [0.25, 0.3) is 0 Å². The lowest BCUT2D eigenvalue weighted by molar-refractivity contribution is -0.116. The maximum absolute atomic E-state index is 12.1. The van der Waals surface area contributed by atoms with Crippen LogP contribution in [0.1, 0.15) is 28.7 Å². The zero-order valence-electron chi connectivity index (χ0n) is 12.7. The van der Waals surface area contributed by atoms with Gasteiger partial charge in [0.1, 0.15) is 0 Å². The predicted octanol–water partition coefficient (Wildman–Crippen LogP) is 4.95. The van der Waals surface area contributed by atoms with Crippen LogP contribution in [0.2, 0.25) is 0 Å². The van der Waals surface area contributed by atoms with Gasteiger partial charge in [0.05, 0.1) is 0 Å². The molecule has 21 heavy (non-hydrogen) atoms. The van der Waals surface area contributed by atoms with Gasteiger partial charge < -0.3 is 5.32 Å². The molecule has 2 nitrogen and oxygen atoms in total. The molecule has 3 heteroatoms. The summed E-state index contributed by atoms with van der Waals surface area (Å²) in [6.07, 6.45) is 1.23. The van der Waals surface area contributed by atoms with Crippen molar-refractivity contribution in [3.05, 3.63) is 63.1 Å². The van der Waals surface area contributed by atoms with Gasteiger partial charge in [0.2, 0.25) is 5.91 Å². The molecule has 0 saturated heterocycles. The Kier molecular flexibility index (Phi) is 5.18. The fourth-order valence-electron chi connectivity index (χ4n) is 2.53. The molecule has 0 aliphatic rings. The van der Waals surface area contributed by atoms with Crippen LogP contribution in [-0.2, 0) is 11.2 Å². The molecule has 0 aromatic heterocycles. The van der Waals surface area contributed by atoms with E-state index in [4.69, 9.17) is 0 Å². The Hall–Kier alpha value is -1.61. The van der Waals surface area contributed by atoms with Gasteiger partial charge in [-0.25, -0.2) is 0 Å². The summed E-state index contributed by atoms with van der Waals surface area (Å²) in [6, 6.07) is 12.3. The molecule has 0 aliphatic carbocycles. The van der Waals surface area contributed by atoms with Gasteiger partial charge in [-0.3, -0.25) is 4.79 Å². The van der Waals surface area contributed by atoms with Gasteiger partial charge in [0, 0.05) is 16.6 Å². The maximum atomic E-state index is 12.1. The van der Waals surface area contributed by atoms with Gasteiger partial charge in [-0.1, -0.05) is 45.8 Å². The number of aryl methyl sites for hydroxylation is 4. The molecule has 0 bridgehead atoms. The standard InChI is InChI=1S/C18H20BrNO/c1-12-9-13(2)18(14(3)10-12)20-17(21)8-7-15-5-4-6-16(19)11-15/h4-6,9-11H,7-8H2,1-3H3,(H,20,21). The highest BCUT2D eigenvalue weighted by Crippen LogP contribution is 2.22. The van der Waals surface area contributed by atoms with Crippen molar-refractivity contribution in [3.63, 3.8) is 0 Å². The minimum absolute atomic E-state index is 0.0602. The van der Waals surface area contributed by atoms with E-state index in [0.29, 0.717) is 6.42 Å². The second kappa shape index (κ2) is 6.90. The normalized spacial score (nSPS) is 10.5. The predicted molar refractivity (Wildman–Crippen MR) is 91.7 cm³/mol. The molecule has 0 aliphatic heterocycles. The minimum atomic E-state index is 0.0602. The lowest BCUT2D eigenvalue weighted by Gasteiger charge is -2.13. The molecule has 1 N–H and O–H groups in total. The number of rotatable bonds is 4. The fraction of sp³-hybridized carbons (Fsp3) is 0.278. The molecular weight excluding hydrogens is 326 g/mol. The second-order valence-corrected chi connectivity index (χ2v) is 6.37. The zero-order valence-corrected chi connectivity index (χ0v) is 14.3. The second-order valence-electron chi connectivity index (χ2n) is 5.45. The fourth-order valence-corrected chi connectivity index (χ4v) is 2.98. The Morgan fingerprint density at radius 1 is 1.10 bits per heavy atom. The van der Waals surface area contributed by atoms with Crippen molar-refractivity contribution in [3.8, 4) is 0 Å². The van der Waals surface area contributed by atoms with Gasteiger partial charge >= 0.3 is 0 Å². The molecule has 110 valence electrons. The monoisotopic (exact) mass is 345 g/mol. The number of amides is 1. The number of benzene rings is 2. The molecule has 2 aromatic carbocycles. The molecule has 0 saturated carbocycles. The van der Waals surface area contributed by atoms with Crippen LogP contribution >= 0.6 is 15.9 Å². The molecule has 0 radical (unpaired) electrons. The highest BCUT2D eigenvalue weighted by Gasteiger charge is 2.08. The third kappa shape index (κ3) is 4.43. The van der Waals surface area contributed by atoms with Crippen LogP contribution in [-0.4, -0.2) is 5.91 Å². The molecular formula is C18H20BrNO. The van der Waals surface area contributed by atoms with Crippen molar-refractivity contribution in [2.45, 2.75) is 33.6 Å². The summed E-state index contributed by atoms with van der Waals surface area (Å²) < 4.78 is 1.05. The van der Waals surface area contributed by atoms with E-state index in [1.54, 1.807) is 0 Å². The van der Waals surface area contributed by atoms with E-state index in [9.17, 15) is 4.79 Å². The third-order valence-electron chi connectivity index (χ3n) is 3.47. The number of nitrogens with one attached hydrogen (secondary N) is 1. The van der Waals surface area contributed by atoms with E-state index in [1.807, 2.05) is 32.0 Å². The van der Waals surface area contributed by atoms with E-state index < -0.39 is 0 Å². The molecule has 0 unspecified atom stereocenters. The molecule has 0 heterocycles. The highest BCUT2D eigenvalue weighted by molar-refractivity contribution is 9.10. The van der Waals surface area contributed by atoms with Crippen LogP contribution in [0.25, 0.3) is 0 Å². The first-order valence-electron chi connectivity index (χ1n) is 7.08. The van der Waals surface area contributed by atoms with E-state index >= 15 is 0 Å². The van der Waals surface area contributed by atoms with Crippen molar-refractivity contribution >= 4 is 27.5 Å². The summed E-state index contributed by atoms with van der Waals surface area (Å²) in [6.45, 7) is 6.13. The molecule has 0 atom stereocenters. The average molecular weight is 346 g/mol. The summed E-state index contributed by atoms with van der Waals surface area (Å²) in [7, 11) is 0. The van der Waals surface area contributed by atoms with Crippen LogP contribution in [0.4, 0.5) is 5.69 Å². The summed E-state index contributed by atoms with van der Waals surface area (Å²) in [5.74, 6) is 0.0602. The van der Waals surface area contributed by atoms with E-state index in [1.165, 1.54) is 5.56 Å². The van der Waals surface area contributed by atoms with Crippen LogP contribution in [0.5, 0.6) is 0 Å². The third-order valence-corrected chi connectivity index (χ3v) is 3.96. The molecule has 1 amide bonds. The summed E-state index contributed by atoms with van der Waals surface area (Å²) in [5, 5.41) is 3.04. The first-order valence-corrected chi connectivity index (χ1v) is 7.87. The minimum Gasteiger partial charge on any atom is -0.326 e. The lowest BCUT2D eigenvalue weighted by Crippen LogP contribution is -2.14. The van der Waals surface area contributed by atoms with Crippen LogP contribution < -0.4 is 5.32 Å². The first-order chi connectivity index (χ1) is 9.95. The van der Waals surface area contributed by atoms with Crippen LogP contribution in [0, 0.1) is 20.8 Å². The Balaban J connectivity index is 1.99. The van der Waals surface area contributed by atoms with Crippen LogP contribution in [0.15, 0.2) is 40.9 Å². The molecule has 2 aromatic rings. The average Bonchev–Trinajstić information content (AvgIpc) is 2.40. The molecule has 0 fully saturated rings. The summed E-state index contributed by atoms with van der Waals surface area (Å²) in [4.78, 5) is 12.1.